The van der Waals surface area contributed by atoms with Crippen LogP contribution in [0.2, 0.25) is 0 Å². The molecule has 0 atom stereocenters. The first kappa shape index (κ1) is 18.1. The van der Waals surface area contributed by atoms with Gasteiger partial charge in [-0.15, -0.1) is 0 Å². The molecule has 0 amide bonds. The van der Waals surface area contributed by atoms with Crippen LogP contribution in [-0.2, 0) is 0 Å². The second-order valence-electron chi connectivity index (χ2n) is 5.73. The Hall–Kier alpha value is -3.72. The van der Waals surface area contributed by atoms with E-state index in [1.807, 2.05) is 121 Å². The number of nitrogens with zero attached hydrogens (tertiary/aromatic N) is 2. The molecule has 0 bridgehead atoms. The smallest absolute Gasteiger partial charge is 0.0857 e. The van der Waals surface area contributed by atoms with Crippen LogP contribution in [0.4, 0.5) is 22.7 Å². The van der Waals surface area contributed by atoms with E-state index in [0.29, 0.717) is 0 Å². The summed E-state index contributed by atoms with van der Waals surface area (Å²) in [5.41, 5.74) is 3.98. The van der Waals surface area contributed by atoms with Crippen LogP contribution in [0.3, 0.4) is 0 Å². The van der Waals surface area contributed by atoms with Gasteiger partial charge in [0.2, 0.25) is 0 Å². The lowest BCUT2D eigenvalue weighted by Crippen LogP contribution is -1.87. The Balaban J connectivity index is 0.000000156. The van der Waals surface area contributed by atoms with Crippen LogP contribution in [0.25, 0.3) is 0 Å². The standard InChI is InChI=1S/C12H10N2.C12H11N/c1-3-7-11(8-4-1)13-14-12-9-5-2-6-10-12;1-3-7-11(8-4-1)13-12-9-5-2-6-10-12/h1-10H;1-10,13H. The maximum atomic E-state index is 4.10. The summed E-state index contributed by atoms with van der Waals surface area (Å²) in [5.74, 6) is 0. The van der Waals surface area contributed by atoms with Crippen molar-refractivity contribution >= 4 is 22.7 Å². The molecule has 27 heavy (non-hydrogen) atoms. The molecule has 0 aliphatic heterocycles. The second kappa shape index (κ2) is 10.3. The van der Waals surface area contributed by atoms with Crippen LogP contribution in [-0.4, -0.2) is 0 Å². The van der Waals surface area contributed by atoms with Crippen LogP contribution < -0.4 is 5.32 Å². The zero-order valence-electron chi connectivity index (χ0n) is 14.9. The maximum absolute atomic E-state index is 4.10. The molecule has 132 valence electrons. The maximum Gasteiger partial charge on any atom is 0.0857 e. The third-order valence-electron chi connectivity index (χ3n) is 3.63. The minimum absolute atomic E-state index is 0.872. The molecule has 4 aromatic rings. The van der Waals surface area contributed by atoms with Crippen LogP contribution in [0, 0.1) is 0 Å². The van der Waals surface area contributed by atoms with Crippen LogP contribution in [0.15, 0.2) is 132 Å². The third-order valence-corrected chi connectivity index (χ3v) is 3.63. The van der Waals surface area contributed by atoms with Crippen molar-refractivity contribution in [2.45, 2.75) is 0 Å². The molecule has 0 saturated heterocycles. The van der Waals surface area contributed by atoms with Crippen LogP contribution in [0.5, 0.6) is 0 Å². The molecular weight excluding hydrogens is 330 g/mol. The number of anilines is 2. The van der Waals surface area contributed by atoms with Gasteiger partial charge in [0, 0.05) is 11.4 Å². The Labute approximate surface area is 160 Å². The summed E-state index contributed by atoms with van der Waals surface area (Å²) >= 11 is 0. The van der Waals surface area contributed by atoms with Crippen molar-refractivity contribution in [2.75, 3.05) is 5.32 Å². The third kappa shape index (κ3) is 6.59. The lowest BCUT2D eigenvalue weighted by Gasteiger charge is -2.04. The zero-order valence-corrected chi connectivity index (χ0v) is 14.9. The molecule has 1 N–H and O–H groups in total. The van der Waals surface area contributed by atoms with Crippen LogP contribution in [0.1, 0.15) is 0 Å². The van der Waals surface area contributed by atoms with Gasteiger partial charge in [0.1, 0.15) is 0 Å². The number of azo groups is 1. The molecular formula is C24H21N3. The van der Waals surface area contributed by atoms with Gasteiger partial charge in [0.05, 0.1) is 11.4 Å². The van der Waals surface area contributed by atoms with Gasteiger partial charge in [-0.25, -0.2) is 0 Å². The predicted octanol–water partition coefficient (Wildman–Crippen LogP) is 7.53. The van der Waals surface area contributed by atoms with Gasteiger partial charge in [0.15, 0.2) is 0 Å². The highest BCUT2D eigenvalue weighted by Crippen LogP contribution is 2.16. The van der Waals surface area contributed by atoms with Gasteiger partial charge in [-0.2, -0.15) is 10.2 Å². The van der Waals surface area contributed by atoms with Crippen molar-refractivity contribution in [1.29, 1.82) is 0 Å². The minimum atomic E-state index is 0.872. The summed E-state index contributed by atoms with van der Waals surface area (Å²) in [6, 6.07) is 39.7. The van der Waals surface area contributed by atoms with Gasteiger partial charge in [0.25, 0.3) is 0 Å². The lowest BCUT2D eigenvalue weighted by molar-refractivity contribution is 1.23. The largest absolute Gasteiger partial charge is 0.356 e. The molecule has 0 aliphatic rings. The number of hydrogen-bond donors (Lipinski definition) is 1. The van der Waals surface area contributed by atoms with E-state index in [0.717, 1.165) is 22.7 Å². The molecule has 0 saturated carbocycles. The number of para-hydroxylation sites is 2. The number of hydrogen-bond acceptors (Lipinski definition) is 3. The first-order valence-corrected chi connectivity index (χ1v) is 8.79. The van der Waals surface area contributed by atoms with E-state index < -0.39 is 0 Å². The van der Waals surface area contributed by atoms with Crippen molar-refractivity contribution in [1.82, 2.24) is 0 Å². The van der Waals surface area contributed by atoms with Gasteiger partial charge < -0.3 is 5.32 Å². The van der Waals surface area contributed by atoms with E-state index in [4.69, 9.17) is 0 Å². The highest BCUT2D eigenvalue weighted by atomic mass is 15.1. The second-order valence-corrected chi connectivity index (χ2v) is 5.73. The first-order chi connectivity index (χ1) is 13.4. The summed E-state index contributed by atoms with van der Waals surface area (Å²) < 4.78 is 0. The fourth-order valence-corrected chi connectivity index (χ4v) is 2.31. The Morgan fingerprint density at radius 3 is 1.00 bits per heavy atom. The van der Waals surface area contributed by atoms with Crippen molar-refractivity contribution in [3.63, 3.8) is 0 Å². The van der Waals surface area contributed by atoms with Crippen molar-refractivity contribution in [3.05, 3.63) is 121 Å². The van der Waals surface area contributed by atoms with Crippen molar-refractivity contribution in [2.24, 2.45) is 10.2 Å². The van der Waals surface area contributed by atoms with E-state index in [1.54, 1.807) is 0 Å². The molecule has 0 heterocycles. The molecule has 4 rings (SSSR count). The molecule has 3 nitrogen and oxygen atoms in total. The number of rotatable bonds is 4. The molecule has 0 fully saturated rings. The zero-order chi connectivity index (χ0) is 18.6. The molecule has 0 aliphatic carbocycles. The topological polar surface area (TPSA) is 36.8 Å². The highest BCUT2D eigenvalue weighted by Gasteiger charge is 1.90. The average molecular weight is 351 g/mol. The van der Waals surface area contributed by atoms with Crippen LogP contribution >= 0.6 is 0 Å². The van der Waals surface area contributed by atoms with E-state index in [-0.39, 0.29) is 0 Å². The molecule has 3 heteroatoms. The fraction of sp³-hybridized carbons (Fsp3) is 0. The monoisotopic (exact) mass is 351 g/mol. The fourth-order valence-electron chi connectivity index (χ4n) is 2.31. The summed E-state index contributed by atoms with van der Waals surface area (Å²) in [4.78, 5) is 0. The predicted molar refractivity (Wildman–Crippen MR) is 113 cm³/mol. The van der Waals surface area contributed by atoms with Crippen molar-refractivity contribution < 1.29 is 0 Å². The van der Waals surface area contributed by atoms with E-state index in [9.17, 15) is 0 Å². The SMILES string of the molecule is c1ccc(N=Nc2ccccc2)cc1.c1ccc(Nc2ccccc2)cc1. The van der Waals surface area contributed by atoms with Gasteiger partial charge in [-0.3, -0.25) is 0 Å². The van der Waals surface area contributed by atoms with E-state index in [2.05, 4.69) is 15.5 Å². The van der Waals surface area contributed by atoms with E-state index in [1.165, 1.54) is 0 Å². The highest BCUT2D eigenvalue weighted by molar-refractivity contribution is 5.58. The van der Waals surface area contributed by atoms with Gasteiger partial charge >= 0.3 is 0 Å². The van der Waals surface area contributed by atoms with Gasteiger partial charge in [-0.1, -0.05) is 72.8 Å². The number of benzene rings is 4. The molecule has 4 aromatic carbocycles. The minimum Gasteiger partial charge on any atom is -0.356 e. The first-order valence-electron chi connectivity index (χ1n) is 8.79. The lowest BCUT2D eigenvalue weighted by atomic mass is 10.3. The summed E-state index contributed by atoms with van der Waals surface area (Å²) in [7, 11) is 0. The quantitative estimate of drug-likeness (QED) is 0.379. The molecule has 0 radical (unpaired) electrons. The summed E-state index contributed by atoms with van der Waals surface area (Å²) in [5, 5.41) is 11.5. The molecule has 0 spiro atoms. The Bertz CT molecular complexity index is 843. The Morgan fingerprint density at radius 2 is 0.667 bits per heavy atom. The summed E-state index contributed by atoms with van der Waals surface area (Å²) in [6.07, 6.45) is 0. The van der Waals surface area contributed by atoms with E-state index >= 15 is 0 Å². The summed E-state index contributed by atoms with van der Waals surface area (Å²) in [6.45, 7) is 0. The molecule has 0 unspecified atom stereocenters. The average Bonchev–Trinajstić information content (AvgIpc) is 2.76. The molecule has 0 aromatic heterocycles. The number of nitrogens with one attached hydrogen (secondary N) is 1. The normalized spacial score (nSPS) is 10.1. The van der Waals surface area contributed by atoms with Crippen molar-refractivity contribution in [3.8, 4) is 0 Å². The van der Waals surface area contributed by atoms with Gasteiger partial charge in [-0.05, 0) is 48.5 Å². The Morgan fingerprint density at radius 1 is 0.370 bits per heavy atom. The Kier molecular flexibility index (Phi) is 6.91.